The van der Waals surface area contributed by atoms with Crippen molar-refractivity contribution < 1.29 is 18.5 Å². The first-order valence-corrected chi connectivity index (χ1v) is 8.57. The van der Waals surface area contributed by atoms with Gasteiger partial charge in [-0.2, -0.15) is 17.8 Å². The SMILES string of the molecule is C[C@]1(N)CN(S(=O)(=O)Nc2ccn[nH]2)C[C@@H]1CCCB(O)O. The zero-order valence-electron chi connectivity index (χ0n) is 12.4. The molecular formula is C11H22BN5O4S. The van der Waals surface area contributed by atoms with Gasteiger partial charge in [0.2, 0.25) is 0 Å². The number of aromatic nitrogens is 2. The molecule has 1 fully saturated rings. The van der Waals surface area contributed by atoms with Gasteiger partial charge in [-0.05, 0) is 25.6 Å². The number of hydrogen-bond donors (Lipinski definition) is 5. The second-order valence-electron chi connectivity index (χ2n) is 5.98. The third-order valence-corrected chi connectivity index (χ3v) is 5.40. The maximum absolute atomic E-state index is 12.3. The van der Waals surface area contributed by atoms with Crippen molar-refractivity contribution in [2.75, 3.05) is 17.8 Å². The molecule has 6 N–H and O–H groups in total. The minimum absolute atomic E-state index is 0.0374. The summed E-state index contributed by atoms with van der Waals surface area (Å²) in [6, 6.07) is 1.52. The second kappa shape index (κ2) is 6.55. The molecule has 0 unspecified atom stereocenters. The number of nitrogens with zero attached hydrogens (tertiary/aromatic N) is 2. The van der Waals surface area contributed by atoms with Crippen molar-refractivity contribution in [2.45, 2.75) is 31.6 Å². The quantitative estimate of drug-likeness (QED) is 0.404. The minimum Gasteiger partial charge on any atom is -0.427 e. The molecule has 9 nitrogen and oxygen atoms in total. The molecule has 11 heteroatoms. The number of anilines is 1. The highest BCUT2D eigenvalue weighted by molar-refractivity contribution is 7.90. The van der Waals surface area contributed by atoms with E-state index in [2.05, 4.69) is 14.9 Å². The summed E-state index contributed by atoms with van der Waals surface area (Å²) in [4.78, 5) is 0. The third kappa shape index (κ3) is 4.20. The van der Waals surface area contributed by atoms with Crippen LogP contribution in [0.2, 0.25) is 6.32 Å². The molecule has 1 saturated heterocycles. The lowest BCUT2D eigenvalue weighted by molar-refractivity contribution is 0.343. The Morgan fingerprint density at radius 1 is 1.64 bits per heavy atom. The Morgan fingerprint density at radius 3 is 2.95 bits per heavy atom. The van der Waals surface area contributed by atoms with Crippen molar-refractivity contribution in [1.82, 2.24) is 14.5 Å². The highest BCUT2D eigenvalue weighted by Crippen LogP contribution is 2.31. The number of nitrogens with two attached hydrogens (primary N) is 1. The summed E-state index contributed by atoms with van der Waals surface area (Å²) >= 11 is 0. The van der Waals surface area contributed by atoms with Crippen molar-refractivity contribution in [3.8, 4) is 0 Å². The van der Waals surface area contributed by atoms with Gasteiger partial charge >= 0.3 is 17.3 Å². The van der Waals surface area contributed by atoms with Crippen molar-refractivity contribution in [3.63, 3.8) is 0 Å². The molecule has 1 aliphatic rings. The van der Waals surface area contributed by atoms with Gasteiger partial charge in [-0.1, -0.05) is 6.42 Å². The van der Waals surface area contributed by atoms with Crippen LogP contribution in [0, 0.1) is 5.92 Å². The molecule has 0 aliphatic carbocycles. The highest BCUT2D eigenvalue weighted by Gasteiger charge is 2.44. The Labute approximate surface area is 130 Å². The summed E-state index contributed by atoms with van der Waals surface area (Å²) < 4.78 is 28.4. The summed E-state index contributed by atoms with van der Waals surface area (Å²) in [6.45, 7) is 2.33. The molecule has 0 radical (unpaired) electrons. The van der Waals surface area contributed by atoms with Crippen LogP contribution in [0.25, 0.3) is 0 Å². The van der Waals surface area contributed by atoms with Crippen LogP contribution in [0.5, 0.6) is 0 Å². The first-order valence-electron chi connectivity index (χ1n) is 7.13. The predicted octanol–water partition coefficient (Wildman–Crippen LogP) is -1.03. The Balaban J connectivity index is 1.98. The van der Waals surface area contributed by atoms with E-state index < -0.39 is 22.9 Å². The van der Waals surface area contributed by atoms with E-state index in [0.717, 1.165) is 0 Å². The van der Waals surface area contributed by atoms with Crippen LogP contribution in [0.15, 0.2) is 12.3 Å². The van der Waals surface area contributed by atoms with Crippen molar-refractivity contribution in [2.24, 2.45) is 11.7 Å². The highest BCUT2D eigenvalue weighted by atomic mass is 32.2. The molecule has 1 aromatic rings. The number of aromatic amines is 1. The molecule has 0 amide bonds. The van der Waals surface area contributed by atoms with Gasteiger partial charge < -0.3 is 15.8 Å². The van der Waals surface area contributed by atoms with E-state index in [4.69, 9.17) is 15.8 Å². The molecule has 0 spiro atoms. The summed E-state index contributed by atoms with van der Waals surface area (Å²) in [5.41, 5.74) is 5.57. The van der Waals surface area contributed by atoms with Gasteiger partial charge in [0.25, 0.3) is 0 Å². The van der Waals surface area contributed by atoms with Gasteiger partial charge in [-0.25, -0.2) is 0 Å². The van der Waals surface area contributed by atoms with Crippen molar-refractivity contribution in [1.29, 1.82) is 0 Å². The summed E-state index contributed by atoms with van der Waals surface area (Å²) in [5.74, 6) is 0.259. The largest absolute Gasteiger partial charge is 0.451 e. The Kier molecular flexibility index (Phi) is 5.12. The van der Waals surface area contributed by atoms with Crippen LogP contribution < -0.4 is 10.5 Å². The van der Waals surface area contributed by atoms with E-state index in [1.807, 2.05) is 6.92 Å². The van der Waals surface area contributed by atoms with E-state index in [1.54, 1.807) is 0 Å². The topological polar surface area (TPSA) is 145 Å². The molecule has 22 heavy (non-hydrogen) atoms. The number of rotatable bonds is 7. The molecule has 2 heterocycles. The number of hydrogen-bond acceptors (Lipinski definition) is 6. The minimum atomic E-state index is -3.69. The Bertz CT molecular complexity index is 577. The molecule has 0 aromatic carbocycles. The average molecular weight is 331 g/mol. The van der Waals surface area contributed by atoms with E-state index in [1.165, 1.54) is 16.6 Å². The lowest BCUT2D eigenvalue weighted by atomic mass is 9.79. The molecule has 2 rings (SSSR count). The van der Waals surface area contributed by atoms with E-state index in [-0.39, 0.29) is 18.8 Å². The number of nitrogens with one attached hydrogen (secondary N) is 2. The fourth-order valence-corrected chi connectivity index (χ4v) is 4.04. The molecule has 124 valence electrons. The molecular weight excluding hydrogens is 309 g/mol. The summed E-state index contributed by atoms with van der Waals surface area (Å²) in [7, 11) is -5.04. The lowest BCUT2D eigenvalue weighted by Crippen LogP contribution is -2.45. The van der Waals surface area contributed by atoms with Crippen LogP contribution in [-0.2, 0) is 10.2 Å². The van der Waals surface area contributed by atoms with Crippen LogP contribution in [0.1, 0.15) is 19.8 Å². The second-order valence-corrected chi connectivity index (χ2v) is 7.65. The van der Waals surface area contributed by atoms with E-state index >= 15 is 0 Å². The molecule has 2 atom stereocenters. The maximum Gasteiger partial charge on any atom is 0.451 e. The Hall–Kier alpha value is -1.14. The molecule has 1 aliphatic heterocycles. The lowest BCUT2D eigenvalue weighted by Gasteiger charge is -2.25. The molecule has 0 bridgehead atoms. The van der Waals surface area contributed by atoms with Gasteiger partial charge in [0.1, 0.15) is 5.82 Å². The summed E-state index contributed by atoms with van der Waals surface area (Å²) in [6.07, 6.45) is 2.93. The van der Waals surface area contributed by atoms with Gasteiger partial charge in [0, 0.05) is 24.7 Å². The smallest absolute Gasteiger partial charge is 0.427 e. The molecule has 1 aromatic heterocycles. The standard InChI is InChI=1S/C11H22BN5O4S/c1-11(13)8-17(7-9(11)3-2-5-12(18)19)22(20,21)16-10-4-6-14-15-10/h4,6,9,18-19H,2-3,5,7-8,13H2,1H3,(H2,14,15,16)/t9-,11-/m0/s1. The van der Waals surface area contributed by atoms with Gasteiger partial charge in [-0.3, -0.25) is 9.82 Å². The van der Waals surface area contributed by atoms with E-state index in [9.17, 15) is 8.42 Å². The zero-order chi connectivity index (χ0) is 16.4. The fraction of sp³-hybridized carbons (Fsp3) is 0.727. The van der Waals surface area contributed by atoms with Crippen LogP contribution >= 0.6 is 0 Å². The fourth-order valence-electron chi connectivity index (χ4n) is 2.70. The molecule has 0 saturated carbocycles. The monoisotopic (exact) mass is 331 g/mol. The van der Waals surface area contributed by atoms with Gasteiger partial charge in [-0.15, -0.1) is 0 Å². The van der Waals surface area contributed by atoms with Crippen molar-refractivity contribution in [3.05, 3.63) is 12.3 Å². The van der Waals surface area contributed by atoms with Gasteiger partial charge in [0.15, 0.2) is 0 Å². The third-order valence-electron chi connectivity index (χ3n) is 3.97. The van der Waals surface area contributed by atoms with E-state index in [0.29, 0.717) is 25.2 Å². The van der Waals surface area contributed by atoms with Crippen LogP contribution in [0.4, 0.5) is 5.82 Å². The zero-order valence-corrected chi connectivity index (χ0v) is 13.3. The first-order chi connectivity index (χ1) is 10.2. The Morgan fingerprint density at radius 2 is 2.36 bits per heavy atom. The van der Waals surface area contributed by atoms with Crippen LogP contribution in [-0.4, -0.2) is 58.7 Å². The average Bonchev–Trinajstić information content (AvgIpc) is 2.97. The first kappa shape index (κ1) is 17.2. The number of H-pyrrole nitrogens is 1. The van der Waals surface area contributed by atoms with Crippen LogP contribution in [0.3, 0.4) is 0 Å². The predicted molar refractivity (Wildman–Crippen MR) is 83.0 cm³/mol. The van der Waals surface area contributed by atoms with Crippen molar-refractivity contribution >= 4 is 23.1 Å². The maximum atomic E-state index is 12.3. The van der Waals surface area contributed by atoms with Gasteiger partial charge in [0.05, 0.1) is 6.20 Å². The normalized spacial score (nSPS) is 26.3. The summed E-state index contributed by atoms with van der Waals surface area (Å²) in [5, 5.41) is 24.0.